The van der Waals surface area contributed by atoms with Crippen LogP contribution < -0.4 is 16.4 Å². The topological polar surface area (TPSA) is 105 Å². The Balaban J connectivity index is 1.58. The number of hydrogen-bond acceptors (Lipinski definition) is 5. The van der Waals surface area contributed by atoms with E-state index in [2.05, 4.69) is 10.6 Å². The molecule has 7 nitrogen and oxygen atoms in total. The number of benzene rings is 1. The van der Waals surface area contributed by atoms with E-state index in [1.807, 2.05) is 17.9 Å². The molecule has 0 radical (unpaired) electrons. The summed E-state index contributed by atoms with van der Waals surface area (Å²) in [5, 5.41) is 5.75. The summed E-state index contributed by atoms with van der Waals surface area (Å²) in [6, 6.07) is 5.47. The Bertz CT molecular complexity index is 701. The molecule has 1 fully saturated rings. The van der Waals surface area contributed by atoms with Crippen molar-refractivity contribution in [1.82, 2.24) is 10.2 Å². The lowest BCUT2D eigenvalue weighted by Crippen LogP contribution is -2.46. The molecule has 8 heteroatoms. The van der Waals surface area contributed by atoms with Crippen LogP contribution in [0.15, 0.2) is 23.1 Å². The smallest absolute Gasteiger partial charge is 0.251 e. The molecule has 3 rings (SSSR count). The summed E-state index contributed by atoms with van der Waals surface area (Å²) >= 11 is 1.49. The van der Waals surface area contributed by atoms with E-state index < -0.39 is 0 Å². The Morgan fingerprint density at radius 1 is 1.36 bits per heavy atom. The molecule has 1 aromatic rings. The minimum Gasteiger partial charge on any atom is -0.369 e. The van der Waals surface area contributed by atoms with Crippen molar-refractivity contribution in [1.29, 1.82) is 0 Å². The maximum absolute atomic E-state index is 12.5. The number of nitrogens with two attached hydrogens (primary N) is 1. The average molecular weight is 362 g/mol. The molecule has 0 aromatic heterocycles. The molecule has 2 aliphatic rings. The van der Waals surface area contributed by atoms with Gasteiger partial charge in [0.25, 0.3) is 5.91 Å². The van der Waals surface area contributed by atoms with Crippen LogP contribution in [0.2, 0.25) is 0 Å². The maximum atomic E-state index is 12.5. The summed E-state index contributed by atoms with van der Waals surface area (Å²) in [4.78, 5) is 38.2. The lowest BCUT2D eigenvalue weighted by Gasteiger charge is -2.31. The molecule has 0 saturated carbocycles. The van der Waals surface area contributed by atoms with Crippen LogP contribution in [0.25, 0.3) is 0 Å². The largest absolute Gasteiger partial charge is 0.369 e. The third kappa shape index (κ3) is 4.32. The molecule has 0 aliphatic carbocycles. The third-order valence-corrected chi connectivity index (χ3v) is 5.65. The molecular formula is C17H22N4O3S. The molecule has 1 saturated heterocycles. The van der Waals surface area contributed by atoms with Crippen molar-refractivity contribution in [2.24, 2.45) is 5.73 Å². The monoisotopic (exact) mass is 362 g/mol. The highest BCUT2D eigenvalue weighted by molar-refractivity contribution is 8.00. The molecule has 1 aromatic carbocycles. The fourth-order valence-electron chi connectivity index (χ4n) is 3.07. The Hall–Kier alpha value is -2.06. The highest BCUT2D eigenvalue weighted by Gasteiger charge is 2.25. The summed E-state index contributed by atoms with van der Waals surface area (Å²) in [6.07, 6.45) is 1.57. The number of primary amides is 1. The number of nitrogens with one attached hydrogen (secondary N) is 2. The Morgan fingerprint density at radius 3 is 2.76 bits per heavy atom. The number of rotatable bonds is 4. The van der Waals surface area contributed by atoms with Crippen LogP contribution in [0.4, 0.5) is 5.69 Å². The minimum atomic E-state index is -0.328. The van der Waals surface area contributed by atoms with Gasteiger partial charge in [0, 0.05) is 29.6 Å². The lowest BCUT2D eigenvalue weighted by atomic mass is 10.0. The zero-order valence-electron chi connectivity index (χ0n) is 14.1. The van der Waals surface area contributed by atoms with Gasteiger partial charge in [-0.2, -0.15) is 0 Å². The van der Waals surface area contributed by atoms with E-state index >= 15 is 0 Å². The van der Waals surface area contributed by atoms with E-state index in [0.29, 0.717) is 11.3 Å². The van der Waals surface area contributed by atoms with Crippen molar-refractivity contribution in [3.05, 3.63) is 23.8 Å². The fourth-order valence-corrected chi connectivity index (χ4v) is 4.00. The van der Waals surface area contributed by atoms with Crippen LogP contribution in [-0.2, 0) is 9.59 Å². The highest BCUT2D eigenvalue weighted by atomic mass is 32.2. The van der Waals surface area contributed by atoms with Crippen molar-refractivity contribution in [2.45, 2.75) is 36.0 Å². The van der Waals surface area contributed by atoms with Gasteiger partial charge in [-0.25, -0.2) is 0 Å². The molecule has 0 bridgehead atoms. The second kappa shape index (κ2) is 7.45. The number of likely N-dealkylation sites (tertiary alicyclic amines) is 1. The molecule has 1 atom stereocenters. The minimum absolute atomic E-state index is 0.0446. The summed E-state index contributed by atoms with van der Waals surface area (Å²) in [7, 11) is 0. The van der Waals surface area contributed by atoms with Gasteiger partial charge in [0.05, 0.1) is 17.5 Å². The number of nitrogens with zero attached hydrogens (tertiary/aromatic N) is 1. The second-order valence-corrected chi connectivity index (χ2v) is 7.83. The van der Waals surface area contributed by atoms with Crippen LogP contribution in [0.1, 0.15) is 30.1 Å². The predicted molar refractivity (Wildman–Crippen MR) is 96.5 cm³/mol. The fraction of sp³-hybridized carbons (Fsp3) is 0.471. The van der Waals surface area contributed by atoms with Crippen LogP contribution in [0.3, 0.4) is 0 Å². The number of thioether (sulfide) groups is 1. The number of fused-ring (bicyclic) bond motifs is 1. The van der Waals surface area contributed by atoms with Gasteiger partial charge in [-0.1, -0.05) is 0 Å². The van der Waals surface area contributed by atoms with Crippen molar-refractivity contribution < 1.29 is 14.4 Å². The number of piperidine rings is 1. The quantitative estimate of drug-likeness (QED) is 0.735. The molecular weight excluding hydrogens is 340 g/mol. The molecule has 4 N–H and O–H groups in total. The van der Waals surface area contributed by atoms with Gasteiger partial charge >= 0.3 is 0 Å². The Kier molecular flexibility index (Phi) is 5.29. The van der Waals surface area contributed by atoms with E-state index in [1.54, 1.807) is 12.1 Å². The molecule has 2 heterocycles. The van der Waals surface area contributed by atoms with Gasteiger partial charge in [-0.15, -0.1) is 11.8 Å². The molecule has 0 spiro atoms. The van der Waals surface area contributed by atoms with E-state index in [-0.39, 0.29) is 35.6 Å². The van der Waals surface area contributed by atoms with Crippen molar-refractivity contribution in [2.75, 3.05) is 25.0 Å². The summed E-state index contributed by atoms with van der Waals surface area (Å²) < 4.78 is 0. The Morgan fingerprint density at radius 2 is 2.08 bits per heavy atom. The van der Waals surface area contributed by atoms with Crippen LogP contribution >= 0.6 is 11.8 Å². The highest BCUT2D eigenvalue weighted by Crippen LogP contribution is 2.35. The number of anilines is 1. The van der Waals surface area contributed by atoms with Crippen molar-refractivity contribution in [3.63, 3.8) is 0 Å². The zero-order valence-corrected chi connectivity index (χ0v) is 14.9. The standard InChI is InChI=1S/C17H22N4O3S/c1-10-16(23)20-13-8-11(2-3-14(13)25-10)17(24)19-12-4-6-21(7-5-12)9-15(18)22/h2-3,8,10,12H,4-7,9H2,1H3,(H2,18,22)(H,19,24)(H,20,23). The Labute approximate surface area is 150 Å². The third-order valence-electron chi connectivity index (χ3n) is 4.47. The van der Waals surface area contributed by atoms with Crippen LogP contribution in [0.5, 0.6) is 0 Å². The number of carbonyl (C=O) groups excluding carboxylic acids is 3. The van der Waals surface area contributed by atoms with E-state index in [0.717, 1.165) is 30.8 Å². The first kappa shape index (κ1) is 17.8. The first-order valence-electron chi connectivity index (χ1n) is 8.35. The summed E-state index contributed by atoms with van der Waals surface area (Å²) in [5.41, 5.74) is 6.43. The summed E-state index contributed by atoms with van der Waals surface area (Å²) in [5.74, 6) is -0.517. The number of hydrogen-bond donors (Lipinski definition) is 3. The number of carbonyl (C=O) groups is 3. The summed E-state index contributed by atoms with van der Waals surface area (Å²) in [6.45, 7) is 3.60. The normalized spacial score (nSPS) is 21.3. The first-order valence-corrected chi connectivity index (χ1v) is 9.23. The van der Waals surface area contributed by atoms with Crippen molar-refractivity contribution in [3.8, 4) is 0 Å². The van der Waals surface area contributed by atoms with E-state index in [1.165, 1.54) is 11.8 Å². The molecule has 2 aliphatic heterocycles. The van der Waals surface area contributed by atoms with Gasteiger partial charge < -0.3 is 16.4 Å². The lowest BCUT2D eigenvalue weighted by molar-refractivity contribution is -0.119. The zero-order chi connectivity index (χ0) is 18.0. The molecule has 134 valence electrons. The van der Waals surface area contributed by atoms with E-state index in [4.69, 9.17) is 5.73 Å². The number of amides is 3. The predicted octanol–water partition coefficient (Wildman–Crippen LogP) is 0.799. The van der Waals surface area contributed by atoms with Crippen LogP contribution in [0, 0.1) is 0 Å². The molecule has 25 heavy (non-hydrogen) atoms. The van der Waals surface area contributed by atoms with Crippen LogP contribution in [-0.4, -0.2) is 53.5 Å². The second-order valence-electron chi connectivity index (χ2n) is 6.45. The van der Waals surface area contributed by atoms with Gasteiger partial charge in [0.1, 0.15) is 0 Å². The van der Waals surface area contributed by atoms with Crippen molar-refractivity contribution >= 4 is 35.2 Å². The molecule has 1 unspecified atom stereocenters. The average Bonchev–Trinajstić information content (AvgIpc) is 2.57. The van der Waals surface area contributed by atoms with Gasteiger partial charge in [0.2, 0.25) is 11.8 Å². The molecule has 3 amide bonds. The maximum Gasteiger partial charge on any atom is 0.251 e. The van der Waals surface area contributed by atoms with Gasteiger partial charge in [0.15, 0.2) is 0 Å². The van der Waals surface area contributed by atoms with Gasteiger partial charge in [-0.05, 0) is 38.0 Å². The van der Waals surface area contributed by atoms with E-state index in [9.17, 15) is 14.4 Å². The first-order chi connectivity index (χ1) is 11.9. The SMILES string of the molecule is CC1Sc2ccc(C(=O)NC3CCN(CC(N)=O)CC3)cc2NC1=O. The van der Waals surface area contributed by atoms with Gasteiger partial charge in [-0.3, -0.25) is 19.3 Å².